The molecule has 4 aliphatic rings. The van der Waals surface area contributed by atoms with Crippen molar-refractivity contribution in [3.8, 4) is 17.2 Å². The van der Waals surface area contributed by atoms with Gasteiger partial charge in [0.25, 0.3) is 0 Å². The summed E-state index contributed by atoms with van der Waals surface area (Å²) in [5.41, 5.74) is 2.65. The van der Waals surface area contributed by atoms with Crippen LogP contribution in [0.4, 0.5) is 15.8 Å². The van der Waals surface area contributed by atoms with Crippen LogP contribution in [0.15, 0.2) is 107 Å². The van der Waals surface area contributed by atoms with Gasteiger partial charge in [-0.3, -0.25) is 24.1 Å². The predicted molar refractivity (Wildman–Crippen MR) is 197 cm³/mol. The lowest BCUT2D eigenvalue weighted by atomic mass is 9.51. The summed E-state index contributed by atoms with van der Waals surface area (Å²) in [5.74, 6) is -5.19. The molecule has 2 saturated heterocycles. The highest BCUT2D eigenvalue weighted by Crippen LogP contribution is 2.64. The second kappa shape index (κ2) is 12.7. The van der Waals surface area contributed by atoms with Crippen molar-refractivity contribution in [3.63, 3.8) is 0 Å². The van der Waals surface area contributed by atoms with E-state index in [0.717, 1.165) is 16.5 Å². The van der Waals surface area contributed by atoms with Gasteiger partial charge in [-0.1, -0.05) is 53.6 Å². The van der Waals surface area contributed by atoms with Gasteiger partial charge in [0.1, 0.15) is 23.7 Å². The fraction of sp³-hybridized carbons (Fsp3) is 0.262. The molecule has 4 aromatic carbocycles. The Hall–Kier alpha value is -5.65. The Morgan fingerprint density at radius 3 is 2.41 bits per heavy atom. The molecule has 54 heavy (non-hydrogen) atoms. The molecule has 10 nitrogen and oxygen atoms in total. The van der Waals surface area contributed by atoms with Crippen LogP contribution in [-0.2, 0) is 19.2 Å². The van der Waals surface area contributed by atoms with Crippen LogP contribution in [0, 0.1) is 34.9 Å². The topological polar surface area (TPSA) is 130 Å². The molecular formula is C42H33ClFN3O7. The van der Waals surface area contributed by atoms with Gasteiger partial charge in [-0.2, -0.15) is 0 Å². The molecule has 2 aliphatic heterocycles. The van der Waals surface area contributed by atoms with Crippen molar-refractivity contribution in [1.82, 2.24) is 4.98 Å². The fourth-order valence-electron chi connectivity index (χ4n) is 9.24. The Bertz CT molecular complexity index is 2400. The third kappa shape index (κ3) is 4.98. The number of ether oxygens (including phenoxy) is 1. The third-order valence-corrected chi connectivity index (χ3v) is 12.0. The summed E-state index contributed by atoms with van der Waals surface area (Å²) in [5, 5.41) is 9.38. The maximum atomic E-state index is 14.7. The first kappa shape index (κ1) is 34.1. The zero-order valence-electron chi connectivity index (χ0n) is 28.9. The molecule has 9 rings (SSSR count). The molecule has 12 heteroatoms. The number of allylic oxidation sites excluding steroid dienone is 2. The number of benzene rings is 4. The molecule has 6 unspecified atom stereocenters. The molecule has 1 aromatic heterocycles. The van der Waals surface area contributed by atoms with Crippen LogP contribution in [0.2, 0.25) is 5.02 Å². The van der Waals surface area contributed by atoms with Crippen molar-refractivity contribution in [2.75, 3.05) is 23.0 Å². The third-order valence-electron chi connectivity index (χ3n) is 11.7. The lowest BCUT2D eigenvalue weighted by Crippen LogP contribution is -2.49. The Morgan fingerprint density at radius 2 is 1.65 bits per heavy atom. The number of hydrogen-bond donors (Lipinski definition) is 1. The monoisotopic (exact) mass is 745 g/mol. The molecule has 0 spiro atoms. The summed E-state index contributed by atoms with van der Waals surface area (Å²) < 4.78 is 26.1. The molecule has 4 amide bonds. The van der Waals surface area contributed by atoms with Gasteiger partial charge in [0.05, 0.1) is 46.2 Å². The lowest BCUT2D eigenvalue weighted by Gasteiger charge is -2.49. The van der Waals surface area contributed by atoms with Gasteiger partial charge in [-0.05, 0) is 86.3 Å². The van der Waals surface area contributed by atoms with Gasteiger partial charge in [0.15, 0.2) is 5.58 Å². The number of fused-ring (bicyclic) bond motifs is 5. The number of para-hydroxylation sites is 3. The SMILES string of the molecule is CC12C(=O)N(c3ccc(F)c(Cl)c3)C(=O)C1CC1C(=CCC3C(=O)N(c4ccc(-c5nc6ccccc6o5)cc4)C(=O)C31)C2c1ccccc1OCCO. The summed E-state index contributed by atoms with van der Waals surface area (Å²) in [6, 6.07) is 25.2. The summed E-state index contributed by atoms with van der Waals surface area (Å²) in [7, 11) is 0. The number of aliphatic hydroxyl groups is 1. The van der Waals surface area contributed by atoms with Gasteiger partial charge < -0.3 is 14.3 Å². The number of imide groups is 2. The van der Waals surface area contributed by atoms with E-state index >= 15 is 0 Å². The van der Waals surface area contributed by atoms with E-state index in [1.807, 2.05) is 42.5 Å². The number of rotatable bonds is 7. The molecule has 1 N–H and O–H groups in total. The minimum atomic E-state index is -1.35. The number of halogens is 2. The molecule has 6 atom stereocenters. The van der Waals surface area contributed by atoms with Crippen LogP contribution in [0.5, 0.6) is 5.75 Å². The van der Waals surface area contributed by atoms with Gasteiger partial charge in [-0.15, -0.1) is 0 Å². The molecule has 0 radical (unpaired) electrons. The Morgan fingerprint density at radius 1 is 0.907 bits per heavy atom. The second-order valence-corrected chi connectivity index (χ2v) is 14.8. The molecule has 3 heterocycles. The minimum Gasteiger partial charge on any atom is -0.491 e. The van der Waals surface area contributed by atoms with Gasteiger partial charge in [-0.25, -0.2) is 14.3 Å². The van der Waals surface area contributed by atoms with Crippen LogP contribution in [0.25, 0.3) is 22.6 Å². The van der Waals surface area contributed by atoms with E-state index in [4.69, 9.17) is 20.8 Å². The summed E-state index contributed by atoms with van der Waals surface area (Å²) in [6.45, 7) is 1.51. The van der Waals surface area contributed by atoms with Crippen LogP contribution in [-0.4, -0.2) is 46.9 Å². The zero-order chi connectivity index (χ0) is 37.5. The van der Waals surface area contributed by atoms with Gasteiger partial charge in [0.2, 0.25) is 29.5 Å². The number of carbonyl (C=O) groups excluding carboxylic acids is 4. The van der Waals surface area contributed by atoms with E-state index in [1.54, 1.807) is 43.3 Å². The maximum absolute atomic E-state index is 14.7. The van der Waals surface area contributed by atoms with Crippen molar-refractivity contribution in [1.29, 1.82) is 0 Å². The second-order valence-electron chi connectivity index (χ2n) is 14.4. The quantitative estimate of drug-likeness (QED) is 0.138. The Kier molecular flexibility index (Phi) is 8.06. The van der Waals surface area contributed by atoms with E-state index in [-0.39, 0.29) is 48.6 Å². The standard InChI is InChI=1S/C42H33ClFN3O7/c1-42-29(39(50)47(41(42)52)24-14-17-31(44)30(43)20-24)21-28-25(36(42)26-6-2-4-8-33(26)53-19-18-48)15-16-27-35(28)40(51)46(38(27)49)23-12-10-22(11-13-23)37-45-32-7-3-5-9-34(32)54-37/h2-15,17,20,27-29,35-36,48H,16,18-19,21H2,1H3. The summed E-state index contributed by atoms with van der Waals surface area (Å²) in [6.07, 6.45) is 2.36. The van der Waals surface area contributed by atoms with Crippen LogP contribution >= 0.6 is 11.6 Å². The Labute approximate surface area is 313 Å². The molecule has 1 saturated carbocycles. The molecular weight excluding hydrogens is 713 g/mol. The molecule has 3 fully saturated rings. The van der Waals surface area contributed by atoms with Crippen molar-refractivity contribution in [2.24, 2.45) is 29.1 Å². The van der Waals surface area contributed by atoms with E-state index in [1.165, 1.54) is 17.0 Å². The first-order valence-corrected chi connectivity index (χ1v) is 18.2. The number of aromatic nitrogens is 1. The van der Waals surface area contributed by atoms with Crippen molar-refractivity contribution >= 4 is 57.7 Å². The van der Waals surface area contributed by atoms with E-state index in [9.17, 15) is 28.7 Å². The highest BCUT2D eigenvalue weighted by molar-refractivity contribution is 6.32. The van der Waals surface area contributed by atoms with E-state index in [0.29, 0.717) is 39.6 Å². The zero-order valence-corrected chi connectivity index (χ0v) is 29.7. The number of carbonyl (C=O) groups is 4. The number of oxazole rings is 1. The maximum Gasteiger partial charge on any atom is 0.241 e. The minimum absolute atomic E-state index is 0.00270. The van der Waals surface area contributed by atoms with Gasteiger partial charge in [0, 0.05) is 17.0 Å². The highest BCUT2D eigenvalue weighted by Gasteiger charge is 2.68. The van der Waals surface area contributed by atoms with Crippen molar-refractivity contribution < 1.29 is 37.8 Å². The van der Waals surface area contributed by atoms with Crippen molar-refractivity contribution in [3.05, 3.63) is 119 Å². The number of aliphatic hydroxyl groups excluding tert-OH is 1. The van der Waals surface area contributed by atoms with Gasteiger partial charge >= 0.3 is 0 Å². The average molecular weight is 746 g/mol. The number of anilines is 2. The predicted octanol–water partition coefficient (Wildman–Crippen LogP) is 7.09. The summed E-state index contributed by atoms with van der Waals surface area (Å²) >= 11 is 6.13. The number of nitrogens with zero attached hydrogens (tertiary/aromatic N) is 3. The normalized spacial score (nSPS) is 26.2. The van der Waals surface area contributed by atoms with Crippen LogP contribution in [0.3, 0.4) is 0 Å². The average Bonchev–Trinajstić information content (AvgIpc) is 3.79. The smallest absolute Gasteiger partial charge is 0.241 e. The number of amides is 4. The molecule has 2 aliphatic carbocycles. The van der Waals surface area contributed by atoms with Crippen LogP contribution < -0.4 is 14.5 Å². The van der Waals surface area contributed by atoms with Crippen molar-refractivity contribution in [2.45, 2.75) is 25.7 Å². The lowest BCUT2D eigenvalue weighted by molar-refractivity contribution is -0.131. The van der Waals surface area contributed by atoms with E-state index < -0.39 is 52.6 Å². The first-order valence-electron chi connectivity index (χ1n) is 17.8. The van der Waals surface area contributed by atoms with E-state index in [2.05, 4.69) is 4.98 Å². The molecule has 272 valence electrons. The largest absolute Gasteiger partial charge is 0.491 e. The Balaban J connectivity index is 1.11. The molecule has 0 bridgehead atoms. The first-order chi connectivity index (χ1) is 26.1. The molecule has 5 aromatic rings. The van der Waals surface area contributed by atoms with Crippen LogP contribution in [0.1, 0.15) is 31.2 Å². The fourth-order valence-corrected chi connectivity index (χ4v) is 9.41. The highest BCUT2D eigenvalue weighted by atomic mass is 35.5. The number of hydrogen-bond acceptors (Lipinski definition) is 8. The summed E-state index contributed by atoms with van der Waals surface area (Å²) in [4.78, 5) is 64.8.